The lowest BCUT2D eigenvalue weighted by Gasteiger charge is -2.00. The van der Waals surface area contributed by atoms with E-state index in [2.05, 4.69) is 36.8 Å². The second-order valence-electron chi connectivity index (χ2n) is 4.20. The molecule has 2 rings (SSSR count). The number of allylic oxidation sites excluding steroid dienone is 1. The van der Waals surface area contributed by atoms with Gasteiger partial charge in [0.15, 0.2) is 5.13 Å². The summed E-state index contributed by atoms with van der Waals surface area (Å²) >= 11 is 1.14. The lowest BCUT2D eigenvalue weighted by Crippen LogP contribution is -2.08. The maximum absolute atomic E-state index is 12.2. The number of ether oxygens (including phenoxy) is 1. The second-order valence-corrected chi connectivity index (χ2v) is 5.20. The maximum atomic E-state index is 12.2. The molecule has 0 bridgehead atoms. The molecule has 0 spiro atoms. The topological polar surface area (TPSA) is 102 Å². The number of aliphatic imine (C=N–C) groups is 2. The number of guanidine groups is 1. The van der Waals surface area contributed by atoms with Crippen LogP contribution in [0.15, 0.2) is 41.2 Å². The summed E-state index contributed by atoms with van der Waals surface area (Å²) in [4.78, 5) is 33.0. The van der Waals surface area contributed by atoms with Gasteiger partial charge in [-0.05, 0) is 13.0 Å². The molecule has 1 N–H and O–H groups in total. The van der Waals surface area contributed by atoms with E-state index in [0.717, 1.165) is 11.3 Å². The first-order valence-corrected chi connectivity index (χ1v) is 7.84. The standard InChI is InChI=1S/C15H16N6O2S/c1-4-7-18-14(16-3)21-15-20-11(10-6-8-17-9-19-10)12(24-15)13(22)23-5-2/h4,6-9H,1,5H2,2-3H3,(H,16,20,21)/b18-7-. The molecule has 9 heteroatoms. The zero-order valence-electron chi connectivity index (χ0n) is 13.3. The summed E-state index contributed by atoms with van der Waals surface area (Å²) in [5.74, 6) is -0.116. The van der Waals surface area contributed by atoms with Gasteiger partial charge in [-0.25, -0.2) is 24.7 Å². The van der Waals surface area contributed by atoms with Crippen molar-refractivity contribution in [1.82, 2.24) is 15.0 Å². The van der Waals surface area contributed by atoms with Crippen LogP contribution < -0.4 is 5.32 Å². The number of carbonyl (C=O) groups excluding carboxylic acids is 1. The highest BCUT2D eigenvalue weighted by atomic mass is 32.1. The minimum atomic E-state index is -0.457. The zero-order valence-corrected chi connectivity index (χ0v) is 14.1. The minimum Gasteiger partial charge on any atom is -0.462 e. The van der Waals surface area contributed by atoms with Crippen molar-refractivity contribution in [3.8, 4) is 11.4 Å². The Labute approximate surface area is 143 Å². The van der Waals surface area contributed by atoms with E-state index in [-0.39, 0.29) is 6.61 Å². The normalized spacial score (nSPS) is 11.5. The van der Waals surface area contributed by atoms with Crippen molar-refractivity contribution < 1.29 is 9.53 Å². The van der Waals surface area contributed by atoms with Gasteiger partial charge < -0.3 is 10.1 Å². The molecule has 0 aromatic carbocycles. The van der Waals surface area contributed by atoms with Gasteiger partial charge in [-0.3, -0.25) is 4.99 Å². The van der Waals surface area contributed by atoms with Crippen LogP contribution in [0.3, 0.4) is 0 Å². The van der Waals surface area contributed by atoms with Gasteiger partial charge in [0.05, 0.1) is 12.3 Å². The molecule has 2 aromatic rings. The smallest absolute Gasteiger partial charge is 0.350 e. The van der Waals surface area contributed by atoms with Crippen LogP contribution in [0, 0.1) is 0 Å². The van der Waals surface area contributed by atoms with Crippen molar-refractivity contribution in [1.29, 1.82) is 0 Å². The SMILES string of the molecule is C=C/C=N\C(=NC)Nc1nc(-c2ccncn2)c(C(=O)OCC)s1. The largest absolute Gasteiger partial charge is 0.462 e. The number of nitrogens with one attached hydrogen (secondary N) is 1. The summed E-state index contributed by atoms with van der Waals surface area (Å²) in [7, 11) is 1.59. The van der Waals surface area contributed by atoms with Crippen molar-refractivity contribution in [2.24, 2.45) is 9.98 Å². The molecule has 0 aliphatic rings. The Morgan fingerprint density at radius 2 is 2.38 bits per heavy atom. The number of thiazole rings is 1. The number of nitrogens with zero attached hydrogens (tertiary/aromatic N) is 5. The fraction of sp³-hybridized carbons (Fsp3) is 0.200. The third-order valence-electron chi connectivity index (χ3n) is 2.65. The first-order chi connectivity index (χ1) is 11.7. The number of esters is 1. The van der Waals surface area contributed by atoms with Crippen LogP contribution >= 0.6 is 11.3 Å². The van der Waals surface area contributed by atoms with Crippen LogP contribution in [-0.2, 0) is 4.74 Å². The molecule has 0 atom stereocenters. The van der Waals surface area contributed by atoms with Gasteiger partial charge in [0.25, 0.3) is 0 Å². The Bertz CT molecular complexity index is 770. The quantitative estimate of drug-likeness (QED) is 0.508. The lowest BCUT2D eigenvalue weighted by atomic mass is 10.2. The highest BCUT2D eigenvalue weighted by molar-refractivity contribution is 7.18. The Hall–Kier alpha value is -2.94. The summed E-state index contributed by atoms with van der Waals surface area (Å²) in [5, 5.41) is 3.40. The lowest BCUT2D eigenvalue weighted by molar-refractivity contribution is 0.0532. The molecule has 0 aliphatic heterocycles. The molecule has 0 saturated carbocycles. The van der Waals surface area contributed by atoms with Crippen LogP contribution in [0.2, 0.25) is 0 Å². The van der Waals surface area contributed by atoms with Gasteiger partial charge in [0, 0.05) is 19.5 Å². The number of hydrogen-bond acceptors (Lipinski definition) is 7. The van der Waals surface area contributed by atoms with Crippen LogP contribution in [0.25, 0.3) is 11.4 Å². The Kier molecular flexibility index (Phi) is 6.26. The van der Waals surface area contributed by atoms with E-state index < -0.39 is 5.97 Å². The number of rotatable bonds is 5. The number of carbonyl (C=O) groups is 1. The summed E-state index contributed by atoms with van der Waals surface area (Å²) in [5.41, 5.74) is 0.952. The molecule has 0 fully saturated rings. The Morgan fingerprint density at radius 3 is 3.00 bits per heavy atom. The molecule has 0 radical (unpaired) electrons. The molecule has 124 valence electrons. The zero-order chi connectivity index (χ0) is 17.4. The van der Waals surface area contributed by atoms with Crippen LogP contribution in [0.5, 0.6) is 0 Å². The first-order valence-electron chi connectivity index (χ1n) is 7.02. The van der Waals surface area contributed by atoms with Gasteiger partial charge >= 0.3 is 5.97 Å². The van der Waals surface area contributed by atoms with Crippen molar-refractivity contribution in [3.63, 3.8) is 0 Å². The first kappa shape index (κ1) is 17.4. The fourth-order valence-corrected chi connectivity index (χ4v) is 2.54. The Balaban J connectivity index is 2.39. The fourth-order valence-electron chi connectivity index (χ4n) is 1.68. The van der Waals surface area contributed by atoms with Gasteiger partial charge in [-0.2, -0.15) is 0 Å². The highest BCUT2D eigenvalue weighted by Gasteiger charge is 2.21. The van der Waals surface area contributed by atoms with E-state index in [0.29, 0.717) is 27.4 Å². The molecule has 0 unspecified atom stereocenters. The number of anilines is 1. The third-order valence-corrected chi connectivity index (χ3v) is 3.60. The molecule has 0 saturated heterocycles. The molecule has 2 aromatic heterocycles. The monoisotopic (exact) mass is 344 g/mol. The average Bonchev–Trinajstić information content (AvgIpc) is 3.03. The van der Waals surface area contributed by atoms with Crippen LogP contribution in [-0.4, -0.2) is 46.7 Å². The molecular weight excluding hydrogens is 328 g/mol. The van der Waals surface area contributed by atoms with E-state index >= 15 is 0 Å². The predicted molar refractivity (Wildman–Crippen MR) is 94.8 cm³/mol. The van der Waals surface area contributed by atoms with E-state index in [1.165, 1.54) is 18.6 Å². The van der Waals surface area contributed by atoms with Crippen molar-refractivity contribution in [3.05, 3.63) is 36.1 Å². The minimum absolute atomic E-state index is 0.272. The number of hydrogen-bond donors (Lipinski definition) is 1. The summed E-state index contributed by atoms with van der Waals surface area (Å²) < 4.78 is 5.09. The highest BCUT2D eigenvalue weighted by Crippen LogP contribution is 2.30. The summed E-state index contributed by atoms with van der Waals surface area (Å²) in [6, 6.07) is 1.67. The third kappa shape index (κ3) is 4.29. The average molecular weight is 344 g/mol. The van der Waals surface area contributed by atoms with Gasteiger partial charge in [-0.1, -0.05) is 24.0 Å². The molecule has 2 heterocycles. The predicted octanol–water partition coefficient (Wildman–Crippen LogP) is 2.43. The van der Waals surface area contributed by atoms with Crippen molar-refractivity contribution >= 4 is 34.6 Å². The molecule has 0 amide bonds. The van der Waals surface area contributed by atoms with E-state index in [4.69, 9.17) is 4.74 Å². The second kappa shape index (κ2) is 8.63. The molecule has 24 heavy (non-hydrogen) atoms. The molecule has 0 aliphatic carbocycles. The van der Waals surface area contributed by atoms with E-state index in [9.17, 15) is 4.79 Å². The summed E-state index contributed by atoms with van der Waals surface area (Å²) in [6.45, 7) is 5.57. The van der Waals surface area contributed by atoms with Crippen LogP contribution in [0.4, 0.5) is 5.13 Å². The van der Waals surface area contributed by atoms with E-state index in [1.54, 1.807) is 26.2 Å². The van der Waals surface area contributed by atoms with Gasteiger partial charge in [0.2, 0.25) is 5.96 Å². The van der Waals surface area contributed by atoms with Gasteiger partial charge in [-0.15, -0.1) is 0 Å². The molecular formula is C15H16N6O2S. The van der Waals surface area contributed by atoms with Gasteiger partial charge in [0.1, 0.15) is 16.9 Å². The number of aromatic nitrogens is 3. The molecule has 8 nitrogen and oxygen atoms in total. The Morgan fingerprint density at radius 1 is 1.54 bits per heavy atom. The van der Waals surface area contributed by atoms with E-state index in [1.807, 2.05) is 0 Å². The summed E-state index contributed by atoms with van der Waals surface area (Å²) in [6.07, 6.45) is 6.01. The maximum Gasteiger partial charge on any atom is 0.350 e. The van der Waals surface area contributed by atoms with Crippen LogP contribution in [0.1, 0.15) is 16.6 Å². The van der Waals surface area contributed by atoms with Crippen molar-refractivity contribution in [2.45, 2.75) is 6.92 Å². The van der Waals surface area contributed by atoms with Crippen molar-refractivity contribution in [2.75, 3.05) is 19.0 Å².